The Morgan fingerprint density at radius 2 is 1.65 bits per heavy atom. The van der Waals surface area contributed by atoms with Crippen molar-refractivity contribution in [3.8, 4) is 34.0 Å². The zero-order chi connectivity index (χ0) is 21.4. The van der Waals surface area contributed by atoms with Crippen molar-refractivity contribution >= 4 is 22.9 Å². The van der Waals surface area contributed by atoms with E-state index < -0.39 is 0 Å². The van der Waals surface area contributed by atoms with Crippen molar-refractivity contribution in [2.45, 2.75) is 19.3 Å². The average molecular weight is 435 g/mol. The van der Waals surface area contributed by atoms with Crippen LogP contribution in [0.25, 0.3) is 28.0 Å². The van der Waals surface area contributed by atoms with E-state index in [1.54, 1.807) is 7.11 Å². The fourth-order valence-corrected chi connectivity index (χ4v) is 4.47. The number of nitrogens with zero attached hydrogens (tertiary/aromatic N) is 4. The molecule has 0 bridgehead atoms. The topological polar surface area (TPSA) is 62.9 Å². The molecule has 1 N–H and O–H groups in total. The van der Waals surface area contributed by atoms with Gasteiger partial charge in [0.05, 0.1) is 12.7 Å². The first kappa shape index (κ1) is 19.7. The lowest BCUT2D eigenvalue weighted by atomic mass is 10.1. The van der Waals surface area contributed by atoms with Crippen LogP contribution in [0.1, 0.15) is 19.3 Å². The number of halogens is 1. The largest absolute Gasteiger partial charge is 0.497 e. The summed E-state index contributed by atoms with van der Waals surface area (Å²) < 4.78 is 6.75. The minimum absolute atomic E-state index is 0.0272. The summed E-state index contributed by atoms with van der Waals surface area (Å²) in [5.41, 5.74) is 4.46. The van der Waals surface area contributed by atoms with E-state index in [9.17, 15) is 5.11 Å². The van der Waals surface area contributed by atoms with E-state index in [0.29, 0.717) is 11.2 Å². The summed E-state index contributed by atoms with van der Waals surface area (Å²) in [6.07, 6.45) is 3.46. The standard InChI is InChI=1S/C24H23ClN4O2/c1-31-18-12-10-16(11-13-18)19-22(25)26-23-21(28-14-6-3-7-15-28)20(27-29(23)24(19)30)17-8-4-2-5-9-17/h2,4-5,8-13,30H,3,6-7,14-15H2,1H3. The van der Waals surface area contributed by atoms with Gasteiger partial charge >= 0.3 is 0 Å². The molecule has 2 aromatic carbocycles. The van der Waals surface area contributed by atoms with Crippen molar-refractivity contribution in [1.82, 2.24) is 14.6 Å². The Balaban J connectivity index is 1.74. The normalized spacial score (nSPS) is 14.2. The van der Waals surface area contributed by atoms with Crippen LogP contribution in [0.5, 0.6) is 11.6 Å². The summed E-state index contributed by atoms with van der Waals surface area (Å²) >= 11 is 6.62. The molecule has 1 aliphatic rings. The Morgan fingerprint density at radius 3 is 2.32 bits per heavy atom. The third kappa shape index (κ3) is 3.47. The number of aromatic nitrogens is 3. The van der Waals surface area contributed by atoms with E-state index in [4.69, 9.17) is 26.4 Å². The number of rotatable bonds is 4. The monoisotopic (exact) mass is 434 g/mol. The number of fused-ring (bicyclic) bond motifs is 1. The minimum atomic E-state index is -0.0272. The number of hydrogen-bond acceptors (Lipinski definition) is 5. The molecular formula is C24H23ClN4O2. The first-order valence-corrected chi connectivity index (χ1v) is 10.8. The zero-order valence-electron chi connectivity index (χ0n) is 17.3. The second-order valence-electron chi connectivity index (χ2n) is 7.68. The van der Waals surface area contributed by atoms with Gasteiger partial charge < -0.3 is 14.7 Å². The number of aromatic hydroxyl groups is 1. The number of anilines is 1. The first-order valence-electron chi connectivity index (χ1n) is 10.4. The molecule has 0 atom stereocenters. The Hall–Kier alpha value is -3.25. The van der Waals surface area contributed by atoms with Crippen molar-refractivity contribution in [3.63, 3.8) is 0 Å². The van der Waals surface area contributed by atoms with Gasteiger partial charge in [0.2, 0.25) is 5.88 Å². The summed E-state index contributed by atoms with van der Waals surface area (Å²) in [6.45, 7) is 1.86. The number of piperidine rings is 1. The smallest absolute Gasteiger partial charge is 0.225 e. The van der Waals surface area contributed by atoms with E-state index in [-0.39, 0.29) is 11.0 Å². The lowest BCUT2D eigenvalue weighted by Crippen LogP contribution is -2.29. The predicted molar refractivity (Wildman–Crippen MR) is 123 cm³/mol. The van der Waals surface area contributed by atoms with Gasteiger partial charge in [-0.3, -0.25) is 0 Å². The minimum Gasteiger partial charge on any atom is -0.497 e. The van der Waals surface area contributed by atoms with Crippen molar-refractivity contribution in [2.75, 3.05) is 25.1 Å². The van der Waals surface area contributed by atoms with Crippen LogP contribution in [-0.4, -0.2) is 39.9 Å². The second kappa shape index (κ2) is 8.12. The average Bonchev–Trinajstić information content (AvgIpc) is 3.20. The predicted octanol–water partition coefficient (Wildman–Crippen LogP) is 5.42. The lowest BCUT2D eigenvalue weighted by Gasteiger charge is -2.28. The van der Waals surface area contributed by atoms with Gasteiger partial charge in [-0.05, 0) is 37.0 Å². The summed E-state index contributed by atoms with van der Waals surface area (Å²) in [7, 11) is 1.62. The molecule has 0 unspecified atom stereocenters. The van der Waals surface area contributed by atoms with Gasteiger partial charge in [0, 0.05) is 18.7 Å². The molecule has 3 heterocycles. The molecule has 5 rings (SSSR count). The maximum atomic E-state index is 11.2. The molecule has 4 aromatic rings. The number of benzene rings is 2. The molecule has 1 fully saturated rings. The summed E-state index contributed by atoms with van der Waals surface area (Å²) in [5, 5.41) is 16.3. The molecule has 158 valence electrons. The van der Waals surface area contributed by atoms with Crippen LogP contribution in [-0.2, 0) is 0 Å². The van der Waals surface area contributed by atoms with Crippen LogP contribution in [0.15, 0.2) is 54.6 Å². The third-order valence-corrected chi connectivity index (χ3v) is 6.04. The second-order valence-corrected chi connectivity index (χ2v) is 8.03. The molecule has 6 nitrogen and oxygen atoms in total. The summed E-state index contributed by atoms with van der Waals surface area (Å²) in [5.74, 6) is 0.701. The van der Waals surface area contributed by atoms with E-state index in [0.717, 1.165) is 54.2 Å². The van der Waals surface area contributed by atoms with Crippen LogP contribution >= 0.6 is 11.6 Å². The molecule has 0 aliphatic carbocycles. The van der Waals surface area contributed by atoms with Gasteiger partial charge in [0.1, 0.15) is 22.3 Å². The molecule has 2 aromatic heterocycles. The molecule has 0 amide bonds. The highest BCUT2D eigenvalue weighted by Gasteiger charge is 2.27. The highest BCUT2D eigenvalue weighted by atomic mass is 35.5. The molecule has 0 radical (unpaired) electrons. The van der Waals surface area contributed by atoms with Crippen molar-refractivity contribution in [2.24, 2.45) is 0 Å². The van der Waals surface area contributed by atoms with Gasteiger partial charge in [-0.2, -0.15) is 9.61 Å². The fourth-order valence-electron chi connectivity index (χ4n) is 4.20. The Bertz CT molecular complexity index is 1220. The maximum absolute atomic E-state index is 11.2. The first-order chi connectivity index (χ1) is 15.2. The Kier molecular flexibility index (Phi) is 5.16. The molecule has 0 saturated carbocycles. The highest BCUT2D eigenvalue weighted by molar-refractivity contribution is 6.32. The highest BCUT2D eigenvalue weighted by Crippen LogP contribution is 2.41. The number of methoxy groups -OCH3 is 1. The third-order valence-electron chi connectivity index (χ3n) is 5.77. The van der Waals surface area contributed by atoms with Crippen LogP contribution in [0.3, 0.4) is 0 Å². The van der Waals surface area contributed by atoms with Crippen molar-refractivity contribution in [3.05, 3.63) is 59.8 Å². The van der Waals surface area contributed by atoms with E-state index in [2.05, 4.69) is 4.90 Å². The lowest BCUT2D eigenvalue weighted by molar-refractivity contribution is 0.415. The maximum Gasteiger partial charge on any atom is 0.225 e. The Morgan fingerprint density at radius 1 is 0.935 bits per heavy atom. The quantitative estimate of drug-likeness (QED) is 0.434. The van der Waals surface area contributed by atoms with E-state index >= 15 is 0 Å². The van der Waals surface area contributed by atoms with Crippen molar-refractivity contribution in [1.29, 1.82) is 0 Å². The summed E-state index contributed by atoms with van der Waals surface area (Å²) in [6, 6.07) is 17.4. The summed E-state index contributed by atoms with van der Waals surface area (Å²) in [4.78, 5) is 7.02. The fraction of sp³-hybridized carbons (Fsp3) is 0.250. The van der Waals surface area contributed by atoms with Gasteiger partial charge in [0.25, 0.3) is 0 Å². The molecule has 7 heteroatoms. The van der Waals surface area contributed by atoms with E-state index in [1.165, 1.54) is 10.9 Å². The van der Waals surface area contributed by atoms with Crippen LogP contribution in [0.4, 0.5) is 5.69 Å². The molecule has 1 saturated heterocycles. The SMILES string of the molecule is COc1ccc(-c2c(Cl)nc3c(N4CCCCC4)c(-c4ccccc4)nn3c2O)cc1. The molecule has 0 spiro atoms. The molecular weight excluding hydrogens is 412 g/mol. The van der Waals surface area contributed by atoms with E-state index in [1.807, 2.05) is 54.6 Å². The Labute approximate surface area is 185 Å². The van der Waals surface area contributed by atoms with Crippen molar-refractivity contribution < 1.29 is 9.84 Å². The number of ether oxygens (including phenoxy) is 1. The van der Waals surface area contributed by atoms with Gasteiger partial charge in [-0.15, -0.1) is 0 Å². The molecule has 1 aliphatic heterocycles. The number of hydrogen-bond donors (Lipinski definition) is 1. The zero-order valence-corrected chi connectivity index (χ0v) is 18.0. The van der Waals surface area contributed by atoms with Crippen LogP contribution < -0.4 is 9.64 Å². The molecule has 31 heavy (non-hydrogen) atoms. The van der Waals surface area contributed by atoms with Crippen LogP contribution in [0.2, 0.25) is 5.15 Å². The van der Waals surface area contributed by atoms with Gasteiger partial charge in [0.15, 0.2) is 5.65 Å². The van der Waals surface area contributed by atoms with Gasteiger partial charge in [-0.1, -0.05) is 54.1 Å². The van der Waals surface area contributed by atoms with Crippen LogP contribution in [0, 0.1) is 0 Å². The van der Waals surface area contributed by atoms with Gasteiger partial charge in [-0.25, -0.2) is 4.98 Å².